The van der Waals surface area contributed by atoms with E-state index in [1.165, 1.54) is 12.8 Å². The lowest BCUT2D eigenvalue weighted by Gasteiger charge is -2.26. The summed E-state index contributed by atoms with van der Waals surface area (Å²) in [6.07, 6.45) is 6.17. The Morgan fingerprint density at radius 1 is 1.40 bits per heavy atom. The van der Waals surface area contributed by atoms with E-state index >= 15 is 0 Å². The van der Waals surface area contributed by atoms with Crippen molar-refractivity contribution in [3.63, 3.8) is 0 Å². The number of aromatic nitrogens is 4. The Morgan fingerprint density at radius 3 is 3.05 bits per heavy atom. The van der Waals surface area contributed by atoms with Crippen molar-refractivity contribution in [3.05, 3.63) is 18.2 Å². The van der Waals surface area contributed by atoms with Crippen LogP contribution in [0.2, 0.25) is 0 Å². The second-order valence-electron chi connectivity index (χ2n) is 5.74. The third-order valence-electron chi connectivity index (χ3n) is 3.89. The van der Waals surface area contributed by atoms with E-state index < -0.39 is 0 Å². The Hall–Kier alpha value is -1.69. The Kier molecular flexibility index (Phi) is 3.56. The fourth-order valence-corrected chi connectivity index (χ4v) is 2.83. The van der Waals surface area contributed by atoms with Crippen molar-refractivity contribution in [2.24, 2.45) is 0 Å². The molecule has 0 amide bonds. The van der Waals surface area contributed by atoms with Crippen LogP contribution in [0.5, 0.6) is 0 Å². The van der Waals surface area contributed by atoms with Gasteiger partial charge < -0.3 is 10.2 Å². The molecule has 1 aliphatic rings. The van der Waals surface area contributed by atoms with Crippen LogP contribution in [0.15, 0.2) is 12.4 Å². The molecule has 1 unspecified atom stereocenters. The maximum absolute atomic E-state index is 4.55. The quantitative estimate of drug-likeness (QED) is 0.913. The van der Waals surface area contributed by atoms with Gasteiger partial charge in [0.2, 0.25) is 5.65 Å². The largest absolute Gasteiger partial charge is 0.349 e. The highest BCUT2D eigenvalue weighted by Gasteiger charge is 2.27. The first kappa shape index (κ1) is 13.3. The fourth-order valence-electron chi connectivity index (χ4n) is 2.83. The minimum absolute atomic E-state index is 0.494. The average Bonchev–Trinajstić information content (AvgIpc) is 3.03. The molecule has 3 heterocycles. The number of anilines is 1. The summed E-state index contributed by atoms with van der Waals surface area (Å²) in [5, 5.41) is 12.0. The number of hydrogen-bond acceptors (Lipinski definition) is 5. The van der Waals surface area contributed by atoms with Crippen molar-refractivity contribution in [1.82, 2.24) is 24.9 Å². The van der Waals surface area contributed by atoms with Crippen molar-refractivity contribution in [2.45, 2.75) is 45.7 Å². The smallest absolute Gasteiger partial charge is 0.203 e. The van der Waals surface area contributed by atoms with Crippen LogP contribution >= 0.6 is 0 Å². The van der Waals surface area contributed by atoms with Crippen molar-refractivity contribution in [2.75, 3.05) is 18.0 Å². The molecule has 1 atom stereocenters. The molecule has 0 spiro atoms. The van der Waals surface area contributed by atoms with Crippen LogP contribution in [0, 0.1) is 6.92 Å². The highest BCUT2D eigenvalue weighted by Crippen LogP contribution is 2.26. The molecular weight excluding hydrogens is 252 g/mol. The third-order valence-corrected chi connectivity index (χ3v) is 3.89. The monoisotopic (exact) mass is 274 g/mol. The van der Waals surface area contributed by atoms with E-state index in [0.29, 0.717) is 12.1 Å². The molecule has 0 aliphatic carbocycles. The van der Waals surface area contributed by atoms with E-state index in [2.05, 4.69) is 39.2 Å². The first-order valence-corrected chi connectivity index (χ1v) is 7.33. The molecule has 1 aliphatic heterocycles. The number of nitrogens with zero attached hydrogens (tertiary/aromatic N) is 5. The van der Waals surface area contributed by atoms with Crippen LogP contribution in [-0.4, -0.2) is 44.8 Å². The lowest BCUT2D eigenvalue weighted by atomic mass is 10.2. The average molecular weight is 274 g/mol. The summed E-state index contributed by atoms with van der Waals surface area (Å²) >= 11 is 0. The van der Waals surface area contributed by atoms with Crippen LogP contribution in [0.3, 0.4) is 0 Å². The number of rotatable bonds is 4. The van der Waals surface area contributed by atoms with Crippen LogP contribution < -0.4 is 10.2 Å². The summed E-state index contributed by atoms with van der Waals surface area (Å²) < 4.78 is 2.01. The van der Waals surface area contributed by atoms with Gasteiger partial charge in [0.1, 0.15) is 5.82 Å². The Morgan fingerprint density at radius 2 is 2.25 bits per heavy atom. The lowest BCUT2D eigenvalue weighted by molar-refractivity contribution is 0.522. The molecule has 108 valence electrons. The molecule has 6 nitrogen and oxygen atoms in total. The van der Waals surface area contributed by atoms with Gasteiger partial charge in [-0.2, -0.15) is 0 Å². The van der Waals surface area contributed by atoms with Gasteiger partial charge in [0.05, 0.1) is 0 Å². The van der Waals surface area contributed by atoms with Crippen LogP contribution in [0.25, 0.3) is 5.65 Å². The predicted octanol–water partition coefficient (Wildman–Crippen LogP) is 1.40. The number of fused-ring (bicyclic) bond motifs is 1. The van der Waals surface area contributed by atoms with Gasteiger partial charge in [-0.25, -0.2) is 4.98 Å². The fraction of sp³-hybridized carbons (Fsp3) is 0.643. The van der Waals surface area contributed by atoms with E-state index in [0.717, 1.165) is 30.4 Å². The summed E-state index contributed by atoms with van der Waals surface area (Å²) in [7, 11) is 0. The van der Waals surface area contributed by atoms with E-state index in [4.69, 9.17) is 0 Å². The highest BCUT2D eigenvalue weighted by atomic mass is 15.3. The van der Waals surface area contributed by atoms with Gasteiger partial charge >= 0.3 is 0 Å². The van der Waals surface area contributed by atoms with Crippen molar-refractivity contribution in [3.8, 4) is 0 Å². The zero-order valence-corrected chi connectivity index (χ0v) is 12.4. The van der Waals surface area contributed by atoms with E-state index in [9.17, 15) is 0 Å². The first-order chi connectivity index (χ1) is 9.66. The van der Waals surface area contributed by atoms with E-state index in [1.807, 2.05) is 23.7 Å². The number of aryl methyl sites for hydroxylation is 1. The van der Waals surface area contributed by atoms with Crippen LogP contribution in [-0.2, 0) is 0 Å². The van der Waals surface area contributed by atoms with Crippen LogP contribution in [0.4, 0.5) is 5.82 Å². The van der Waals surface area contributed by atoms with Gasteiger partial charge in [-0.15, -0.1) is 10.2 Å². The highest BCUT2D eigenvalue weighted by molar-refractivity contribution is 5.64. The molecule has 3 rings (SSSR count). The molecule has 0 bridgehead atoms. The molecular formula is C14H22N6. The SMILES string of the molecule is Cc1nnc2c(N3CCCC3CNC(C)C)nccn12. The number of nitrogens with one attached hydrogen (secondary N) is 1. The van der Waals surface area contributed by atoms with E-state index in [1.54, 1.807) is 0 Å². The molecule has 1 fully saturated rings. The third kappa shape index (κ3) is 2.35. The summed E-state index contributed by atoms with van der Waals surface area (Å²) in [5.41, 5.74) is 0.862. The standard InChI is InChI=1S/C14H22N6/c1-10(2)16-9-12-5-4-7-20(12)13-14-18-17-11(3)19(14)8-6-15-13/h6,8,10,12,16H,4-5,7,9H2,1-3H3. The molecule has 0 aromatic carbocycles. The maximum atomic E-state index is 4.55. The summed E-state index contributed by atoms with van der Waals surface area (Å²) in [5.74, 6) is 1.86. The molecule has 20 heavy (non-hydrogen) atoms. The zero-order chi connectivity index (χ0) is 14.1. The second kappa shape index (κ2) is 5.36. The molecule has 0 saturated carbocycles. The van der Waals surface area contributed by atoms with Gasteiger partial charge in [-0.1, -0.05) is 13.8 Å². The Labute approximate surface area is 119 Å². The van der Waals surface area contributed by atoms with Gasteiger partial charge in [0.25, 0.3) is 0 Å². The molecule has 2 aromatic heterocycles. The summed E-state index contributed by atoms with van der Waals surface area (Å²) in [6.45, 7) is 8.36. The molecule has 6 heteroatoms. The molecule has 1 saturated heterocycles. The van der Waals surface area contributed by atoms with Gasteiger partial charge in [0, 0.05) is 37.6 Å². The zero-order valence-electron chi connectivity index (χ0n) is 12.4. The topological polar surface area (TPSA) is 58.4 Å². The summed E-state index contributed by atoms with van der Waals surface area (Å²) in [6, 6.07) is 1.00. The maximum Gasteiger partial charge on any atom is 0.203 e. The Bertz CT molecular complexity index is 590. The normalized spacial score (nSPS) is 19.4. The summed E-state index contributed by atoms with van der Waals surface area (Å²) in [4.78, 5) is 6.93. The second-order valence-corrected chi connectivity index (χ2v) is 5.74. The number of hydrogen-bond donors (Lipinski definition) is 1. The molecule has 2 aromatic rings. The first-order valence-electron chi connectivity index (χ1n) is 7.33. The van der Waals surface area contributed by atoms with E-state index in [-0.39, 0.29) is 0 Å². The molecule has 1 N–H and O–H groups in total. The molecule has 0 radical (unpaired) electrons. The van der Waals surface area contributed by atoms with Gasteiger partial charge in [0.15, 0.2) is 5.82 Å². The van der Waals surface area contributed by atoms with Gasteiger partial charge in [-0.05, 0) is 19.8 Å². The van der Waals surface area contributed by atoms with Crippen molar-refractivity contribution < 1.29 is 0 Å². The minimum atomic E-state index is 0.494. The van der Waals surface area contributed by atoms with Gasteiger partial charge in [-0.3, -0.25) is 4.40 Å². The lowest BCUT2D eigenvalue weighted by Crippen LogP contribution is -2.40. The Balaban J connectivity index is 1.89. The van der Waals surface area contributed by atoms with Crippen molar-refractivity contribution in [1.29, 1.82) is 0 Å². The van der Waals surface area contributed by atoms with Crippen LogP contribution in [0.1, 0.15) is 32.5 Å². The van der Waals surface area contributed by atoms with Crippen molar-refractivity contribution >= 4 is 11.5 Å². The predicted molar refractivity (Wildman–Crippen MR) is 79.0 cm³/mol. The minimum Gasteiger partial charge on any atom is -0.349 e.